The summed E-state index contributed by atoms with van der Waals surface area (Å²) in [6.45, 7) is 3.93. The Hall–Kier alpha value is -2.56. The molecule has 0 aliphatic heterocycles. The normalized spacial score (nSPS) is 10.5. The Morgan fingerprint density at radius 3 is 2.59 bits per heavy atom. The first-order valence-corrected chi connectivity index (χ1v) is 7.25. The molecule has 0 radical (unpaired) electrons. The molecule has 2 aromatic rings. The molecule has 0 fully saturated rings. The minimum Gasteiger partial charge on any atom is -0.475 e. The van der Waals surface area contributed by atoms with E-state index in [0.717, 1.165) is 29.7 Å². The number of furan rings is 1. The quantitative estimate of drug-likeness (QED) is 0.842. The molecule has 0 atom stereocenters. The van der Waals surface area contributed by atoms with Gasteiger partial charge in [0.1, 0.15) is 5.76 Å². The van der Waals surface area contributed by atoms with Crippen molar-refractivity contribution in [3.8, 4) is 11.3 Å². The Labute approximate surface area is 129 Å². The van der Waals surface area contributed by atoms with Crippen molar-refractivity contribution in [2.24, 2.45) is 0 Å². The predicted octanol–water partition coefficient (Wildman–Crippen LogP) is 4.08. The number of hydrogen-bond donors (Lipinski definition) is 2. The molecule has 2 rings (SSSR count). The fraction of sp³-hybridized carbons (Fsp3) is 0.294. The van der Waals surface area contributed by atoms with Gasteiger partial charge in [-0.25, -0.2) is 4.79 Å². The van der Waals surface area contributed by atoms with Crippen LogP contribution in [0.15, 0.2) is 34.7 Å². The molecule has 1 aromatic heterocycles. The summed E-state index contributed by atoms with van der Waals surface area (Å²) in [4.78, 5) is 22.6. The largest absolute Gasteiger partial charge is 0.475 e. The maximum Gasteiger partial charge on any atom is 0.371 e. The van der Waals surface area contributed by atoms with E-state index in [1.807, 2.05) is 26.0 Å². The topological polar surface area (TPSA) is 79.5 Å². The summed E-state index contributed by atoms with van der Waals surface area (Å²) in [6.07, 6.45) is 2.36. The molecular formula is C17H19NO4. The van der Waals surface area contributed by atoms with E-state index in [1.165, 1.54) is 6.07 Å². The van der Waals surface area contributed by atoms with Gasteiger partial charge in [-0.15, -0.1) is 0 Å². The maximum absolute atomic E-state index is 11.7. The van der Waals surface area contributed by atoms with Crippen molar-refractivity contribution in [3.05, 3.63) is 41.7 Å². The number of rotatable bonds is 6. The third-order valence-electron chi connectivity index (χ3n) is 3.35. The zero-order chi connectivity index (χ0) is 16.1. The third-order valence-corrected chi connectivity index (χ3v) is 3.35. The first-order valence-electron chi connectivity index (χ1n) is 7.25. The van der Waals surface area contributed by atoms with Crippen LogP contribution in [0.25, 0.3) is 11.3 Å². The molecule has 1 heterocycles. The molecule has 0 spiro atoms. The Morgan fingerprint density at radius 1 is 1.23 bits per heavy atom. The fourth-order valence-corrected chi connectivity index (χ4v) is 2.18. The second kappa shape index (κ2) is 6.93. The lowest BCUT2D eigenvalue weighted by atomic mass is 10.1. The van der Waals surface area contributed by atoms with Crippen LogP contribution in [0, 0.1) is 6.92 Å². The van der Waals surface area contributed by atoms with Crippen LogP contribution >= 0.6 is 0 Å². The van der Waals surface area contributed by atoms with Gasteiger partial charge in [-0.3, -0.25) is 4.79 Å². The SMILES string of the molecule is CCCCC(=O)Nc1ccc(-c2ccc(C(=O)O)o2)c(C)c1. The van der Waals surface area contributed by atoms with E-state index in [4.69, 9.17) is 9.52 Å². The van der Waals surface area contributed by atoms with Crippen LogP contribution < -0.4 is 5.32 Å². The monoisotopic (exact) mass is 301 g/mol. The van der Waals surface area contributed by atoms with Crippen LogP contribution in [0.3, 0.4) is 0 Å². The van der Waals surface area contributed by atoms with E-state index in [2.05, 4.69) is 5.32 Å². The van der Waals surface area contributed by atoms with Crippen molar-refractivity contribution < 1.29 is 19.1 Å². The Balaban J connectivity index is 2.15. The minimum absolute atomic E-state index is 0.000150. The number of carbonyl (C=O) groups excluding carboxylic acids is 1. The smallest absolute Gasteiger partial charge is 0.371 e. The molecule has 1 aromatic carbocycles. The van der Waals surface area contributed by atoms with Crippen LogP contribution in [0.4, 0.5) is 5.69 Å². The van der Waals surface area contributed by atoms with Gasteiger partial charge in [-0.2, -0.15) is 0 Å². The summed E-state index contributed by atoms with van der Waals surface area (Å²) < 4.78 is 5.30. The molecule has 5 nitrogen and oxygen atoms in total. The average Bonchev–Trinajstić information content (AvgIpc) is 2.95. The number of aryl methyl sites for hydroxylation is 1. The van der Waals surface area contributed by atoms with Crippen LogP contribution in [0.5, 0.6) is 0 Å². The molecule has 0 saturated carbocycles. The first-order chi connectivity index (χ1) is 10.5. The predicted molar refractivity (Wildman–Crippen MR) is 84.0 cm³/mol. The second-order valence-electron chi connectivity index (χ2n) is 5.15. The number of amides is 1. The molecule has 5 heteroatoms. The van der Waals surface area contributed by atoms with Crippen molar-refractivity contribution in [3.63, 3.8) is 0 Å². The average molecular weight is 301 g/mol. The lowest BCUT2D eigenvalue weighted by molar-refractivity contribution is -0.116. The second-order valence-corrected chi connectivity index (χ2v) is 5.15. The van der Waals surface area contributed by atoms with Crippen molar-refractivity contribution in [2.75, 3.05) is 5.32 Å². The van der Waals surface area contributed by atoms with E-state index in [-0.39, 0.29) is 11.7 Å². The molecule has 0 unspecified atom stereocenters. The first kappa shape index (κ1) is 15.8. The molecule has 0 aliphatic rings. The lowest BCUT2D eigenvalue weighted by Crippen LogP contribution is -2.11. The molecule has 22 heavy (non-hydrogen) atoms. The van der Waals surface area contributed by atoms with Crippen LogP contribution in [-0.2, 0) is 4.79 Å². The van der Waals surface area contributed by atoms with E-state index in [1.54, 1.807) is 12.1 Å². The van der Waals surface area contributed by atoms with Gasteiger partial charge < -0.3 is 14.8 Å². The number of hydrogen-bond acceptors (Lipinski definition) is 3. The number of unbranched alkanes of at least 4 members (excludes halogenated alkanes) is 1. The fourth-order valence-electron chi connectivity index (χ4n) is 2.18. The van der Waals surface area contributed by atoms with Crippen molar-refractivity contribution in [2.45, 2.75) is 33.1 Å². The van der Waals surface area contributed by atoms with Gasteiger partial charge in [-0.05, 0) is 49.2 Å². The molecule has 1 amide bonds. The molecule has 2 N–H and O–H groups in total. The standard InChI is InChI=1S/C17H19NO4/c1-3-4-5-16(19)18-12-6-7-13(11(2)10-12)14-8-9-15(22-14)17(20)21/h6-10H,3-5H2,1-2H3,(H,18,19)(H,20,21). The molecule has 116 valence electrons. The van der Waals surface area contributed by atoms with Gasteiger partial charge in [0.05, 0.1) is 0 Å². The summed E-state index contributed by atoms with van der Waals surface area (Å²) in [7, 11) is 0. The molecular weight excluding hydrogens is 282 g/mol. The zero-order valence-electron chi connectivity index (χ0n) is 12.7. The van der Waals surface area contributed by atoms with Crippen LogP contribution in [0.2, 0.25) is 0 Å². The Kier molecular flexibility index (Phi) is 4.99. The van der Waals surface area contributed by atoms with Crippen LogP contribution in [0.1, 0.15) is 42.3 Å². The van der Waals surface area contributed by atoms with E-state index in [9.17, 15) is 9.59 Å². The number of aromatic carboxylic acids is 1. The van der Waals surface area contributed by atoms with Crippen molar-refractivity contribution >= 4 is 17.6 Å². The molecule has 0 bridgehead atoms. The number of benzene rings is 1. The zero-order valence-corrected chi connectivity index (χ0v) is 12.7. The highest BCUT2D eigenvalue weighted by molar-refractivity contribution is 5.91. The maximum atomic E-state index is 11.7. The Bertz CT molecular complexity index is 688. The Morgan fingerprint density at radius 2 is 2.00 bits per heavy atom. The number of carboxylic acid groups (broad SMARTS) is 1. The van der Waals surface area contributed by atoms with E-state index >= 15 is 0 Å². The number of carboxylic acids is 1. The van der Waals surface area contributed by atoms with E-state index in [0.29, 0.717) is 12.2 Å². The van der Waals surface area contributed by atoms with Crippen molar-refractivity contribution in [1.82, 2.24) is 0 Å². The van der Waals surface area contributed by atoms with Gasteiger partial charge in [-0.1, -0.05) is 13.3 Å². The number of carbonyl (C=O) groups is 2. The third kappa shape index (κ3) is 3.75. The highest BCUT2D eigenvalue weighted by Gasteiger charge is 2.12. The van der Waals surface area contributed by atoms with E-state index < -0.39 is 5.97 Å². The molecule has 0 aliphatic carbocycles. The van der Waals surface area contributed by atoms with Crippen LogP contribution in [-0.4, -0.2) is 17.0 Å². The number of nitrogens with one attached hydrogen (secondary N) is 1. The summed E-state index contributed by atoms with van der Waals surface area (Å²) in [5, 5.41) is 11.7. The van der Waals surface area contributed by atoms with Gasteiger partial charge in [0.15, 0.2) is 0 Å². The van der Waals surface area contributed by atoms with Gasteiger partial charge in [0.25, 0.3) is 0 Å². The summed E-state index contributed by atoms with van der Waals surface area (Å²) in [5.41, 5.74) is 2.44. The van der Waals surface area contributed by atoms with Gasteiger partial charge >= 0.3 is 5.97 Å². The summed E-state index contributed by atoms with van der Waals surface area (Å²) >= 11 is 0. The summed E-state index contributed by atoms with van der Waals surface area (Å²) in [6, 6.07) is 8.51. The summed E-state index contributed by atoms with van der Waals surface area (Å²) in [5.74, 6) is -0.686. The highest BCUT2D eigenvalue weighted by Crippen LogP contribution is 2.27. The minimum atomic E-state index is -1.09. The lowest BCUT2D eigenvalue weighted by Gasteiger charge is -2.08. The van der Waals surface area contributed by atoms with Gasteiger partial charge in [0.2, 0.25) is 11.7 Å². The number of anilines is 1. The highest BCUT2D eigenvalue weighted by atomic mass is 16.4. The molecule has 0 saturated heterocycles. The van der Waals surface area contributed by atoms with Crippen molar-refractivity contribution in [1.29, 1.82) is 0 Å². The van der Waals surface area contributed by atoms with Gasteiger partial charge in [0, 0.05) is 17.7 Å².